The number of ether oxygens (including phenoxy) is 1. The molecule has 0 saturated carbocycles. The zero-order valence-corrected chi connectivity index (χ0v) is 10.0. The van der Waals surface area contributed by atoms with Gasteiger partial charge in [0.25, 0.3) is 15.0 Å². The molecule has 0 fully saturated rings. The first-order chi connectivity index (χ1) is 7.30. The summed E-state index contributed by atoms with van der Waals surface area (Å²) in [5.74, 6) is -0.243. The number of rotatable bonds is 4. The van der Waals surface area contributed by atoms with Gasteiger partial charge in [-0.1, -0.05) is 0 Å². The lowest BCUT2D eigenvalue weighted by Crippen LogP contribution is -2.20. The lowest BCUT2D eigenvalue weighted by Gasteiger charge is -2.06. The van der Waals surface area contributed by atoms with Gasteiger partial charge in [-0.3, -0.25) is 4.79 Å². The lowest BCUT2D eigenvalue weighted by molar-refractivity contribution is -0.119. The van der Waals surface area contributed by atoms with Crippen molar-refractivity contribution in [3.8, 4) is 5.75 Å². The van der Waals surface area contributed by atoms with E-state index in [1.165, 1.54) is 18.2 Å². The minimum Gasteiger partial charge on any atom is -0.484 e. The van der Waals surface area contributed by atoms with E-state index in [-0.39, 0.29) is 11.5 Å². The molecule has 1 rings (SSSR count). The monoisotopic (exact) mass is 263 g/mol. The van der Waals surface area contributed by atoms with Crippen LogP contribution < -0.4 is 10.5 Å². The molecule has 0 radical (unpaired) electrons. The van der Waals surface area contributed by atoms with E-state index < -0.39 is 15.0 Å². The summed E-state index contributed by atoms with van der Waals surface area (Å²) in [6.45, 7) is 1.32. The molecule has 0 atom stereocenters. The van der Waals surface area contributed by atoms with E-state index in [4.69, 9.17) is 21.2 Å². The van der Waals surface area contributed by atoms with Crippen molar-refractivity contribution in [3.63, 3.8) is 0 Å². The lowest BCUT2D eigenvalue weighted by atomic mass is 10.2. The first-order valence-electron chi connectivity index (χ1n) is 4.27. The summed E-state index contributed by atoms with van der Waals surface area (Å²) in [5, 5.41) is 0. The third kappa shape index (κ3) is 3.39. The van der Waals surface area contributed by atoms with Crippen molar-refractivity contribution < 1.29 is 17.9 Å². The largest absolute Gasteiger partial charge is 0.484 e. The second kappa shape index (κ2) is 4.71. The van der Waals surface area contributed by atoms with Crippen LogP contribution in [-0.2, 0) is 13.8 Å². The Kier molecular flexibility index (Phi) is 3.77. The van der Waals surface area contributed by atoms with E-state index in [1.807, 2.05) is 0 Å². The number of nitrogens with two attached hydrogens (primary N) is 1. The Morgan fingerprint density at radius 2 is 2.12 bits per heavy atom. The molecule has 0 aromatic heterocycles. The van der Waals surface area contributed by atoms with Crippen molar-refractivity contribution in [2.75, 3.05) is 6.61 Å². The van der Waals surface area contributed by atoms with Crippen LogP contribution in [0.2, 0.25) is 0 Å². The van der Waals surface area contributed by atoms with Crippen LogP contribution in [0.15, 0.2) is 23.1 Å². The first-order valence-corrected chi connectivity index (χ1v) is 6.58. The summed E-state index contributed by atoms with van der Waals surface area (Å²) in [6, 6.07) is 4.19. The quantitative estimate of drug-likeness (QED) is 0.814. The van der Waals surface area contributed by atoms with E-state index >= 15 is 0 Å². The van der Waals surface area contributed by atoms with Gasteiger partial charge in [-0.2, -0.15) is 0 Å². The molecule has 0 aliphatic heterocycles. The highest BCUT2D eigenvalue weighted by molar-refractivity contribution is 8.13. The maximum Gasteiger partial charge on any atom is 0.261 e. The van der Waals surface area contributed by atoms with Crippen LogP contribution >= 0.6 is 10.7 Å². The molecule has 0 unspecified atom stereocenters. The molecule has 1 aromatic carbocycles. The van der Waals surface area contributed by atoms with Crippen LogP contribution in [0.4, 0.5) is 0 Å². The minimum atomic E-state index is -3.76. The third-order valence-electron chi connectivity index (χ3n) is 1.79. The maximum atomic E-state index is 11.1. The Morgan fingerprint density at radius 1 is 1.50 bits per heavy atom. The number of primary amides is 1. The molecule has 0 spiro atoms. The number of hydrogen-bond donors (Lipinski definition) is 1. The summed E-state index contributed by atoms with van der Waals surface area (Å²) >= 11 is 0. The van der Waals surface area contributed by atoms with Crippen LogP contribution in [0.25, 0.3) is 0 Å². The van der Waals surface area contributed by atoms with Crippen LogP contribution in [0.3, 0.4) is 0 Å². The van der Waals surface area contributed by atoms with Crippen LogP contribution in [0, 0.1) is 6.92 Å². The zero-order chi connectivity index (χ0) is 12.3. The van der Waals surface area contributed by atoms with Crippen molar-refractivity contribution >= 4 is 25.6 Å². The highest BCUT2D eigenvalue weighted by Crippen LogP contribution is 2.23. The van der Waals surface area contributed by atoms with E-state index in [0.29, 0.717) is 11.3 Å². The van der Waals surface area contributed by atoms with E-state index in [9.17, 15) is 13.2 Å². The minimum absolute atomic E-state index is 0.0144. The summed E-state index contributed by atoms with van der Waals surface area (Å²) < 4.78 is 27.2. The van der Waals surface area contributed by atoms with E-state index in [0.717, 1.165) is 0 Å². The number of carbonyl (C=O) groups is 1. The summed E-state index contributed by atoms with van der Waals surface area (Å²) in [7, 11) is 1.44. The Morgan fingerprint density at radius 3 is 2.56 bits per heavy atom. The Balaban J connectivity index is 2.96. The van der Waals surface area contributed by atoms with Gasteiger partial charge < -0.3 is 10.5 Å². The molecular formula is C9H10ClNO4S. The van der Waals surface area contributed by atoms with Crippen molar-refractivity contribution in [1.29, 1.82) is 0 Å². The predicted octanol–water partition coefficient (Wildman–Crippen LogP) is 0.787. The number of benzene rings is 1. The molecule has 0 aliphatic carbocycles. The summed E-state index contributed by atoms with van der Waals surface area (Å²) in [5.41, 5.74) is 5.34. The van der Waals surface area contributed by atoms with E-state index in [1.54, 1.807) is 6.92 Å². The van der Waals surface area contributed by atoms with Crippen molar-refractivity contribution in [2.45, 2.75) is 11.8 Å². The molecule has 7 heteroatoms. The van der Waals surface area contributed by atoms with Gasteiger partial charge in [0.2, 0.25) is 0 Å². The molecule has 5 nitrogen and oxygen atoms in total. The van der Waals surface area contributed by atoms with Gasteiger partial charge in [-0.15, -0.1) is 0 Å². The molecule has 2 N–H and O–H groups in total. The highest BCUT2D eigenvalue weighted by atomic mass is 35.7. The number of aryl methyl sites for hydroxylation is 1. The van der Waals surface area contributed by atoms with Crippen molar-refractivity contribution in [1.82, 2.24) is 0 Å². The molecule has 0 bridgehead atoms. The number of amides is 1. The summed E-state index contributed by atoms with van der Waals surface area (Å²) in [6.07, 6.45) is 0. The molecule has 16 heavy (non-hydrogen) atoms. The molecule has 1 aromatic rings. The Bertz CT molecular complexity index is 512. The average molecular weight is 264 g/mol. The Labute approximate surface area is 97.6 Å². The highest BCUT2D eigenvalue weighted by Gasteiger charge is 2.13. The number of carbonyl (C=O) groups excluding carboxylic acids is 1. The fourth-order valence-electron chi connectivity index (χ4n) is 1.14. The number of halogens is 1. The second-order valence-corrected chi connectivity index (χ2v) is 5.65. The van der Waals surface area contributed by atoms with Crippen LogP contribution in [-0.4, -0.2) is 20.9 Å². The van der Waals surface area contributed by atoms with Gasteiger partial charge in [0.15, 0.2) is 6.61 Å². The Hall–Kier alpha value is -1.27. The van der Waals surface area contributed by atoms with Gasteiger partial charge >= 0.3 is 0 Å². The average Bonchev–Trinajstić information content (AvgIpc) is 2.12. The summed E-state index contributed by atoms with van der Waals surface area (Å²) in [4.78, 5) is 10.5. The van der Waals surface area contributed by atoms with Gasteiger partial charge in [0, 0.05) is 10.7 Å². The van der Waals surface area contributed by atoms with Gasteiger partial charge in [0.05, 0.1) is 4.90 Å². The molecule has 0 aliphatic rings. The maximum absolute atomic E-state index is 11.1. The normalized spacial score (nSPS) is 11.1. The zero-order valence-electron chi connectivity index (χ0n) is 8.44. The molecule has 0 heterocycles. The first kappa shape index (κ1) is 12.8. The molecule has 88 valence electrons. The molecular weight excluding hydrogens is 254 g/mol. The van der Waals surface area contributed by atoms with Crippen LogP contribution in [0.5, 0.6) is 5.75 Å². The van der Waals surface area contributed by atoms with Gasteiger partial charge in [-0.05, 0) is 30.7 Å². The molecule has 0 saturated heterocycles. The van der Waals surface area contributed by atoms with Crippen molar-refractivity contribution in [3.05, 3.63) is 23.8 Å². The van der Waals surface area contributed by atoms with Gasteiger partial charge in [0.1, 0.15) is 5.75 Å². The smallest absolute Gasteiger partial charge is 0.261 e. The fraction of sp³-hybridized carbons (Fsp3) is 0.222. The van der Waals surface area contributed by atoms with Crippen LogP contribution in [0.1, 0.15) is 5.56 Å². The topological polar surface area (TPSA) is 86.5 Å². The van der Waals surface area contributed by atoms with Gasteiger partial charge in [-0.25, -0.2) is 8.42 Å². The standard InChI is InChI=1S/C9H10ClNO4S/c1-6-4-7(15-5-9(11)12)2-3-8(6)16(10,13)14/h2-4H,5H2,1H3,(H2,11,12). The van der Waals surface area contributed by atoms with E-state index in [2.05, 4.69) is 0 Å². The molecule has 1 amide bonds. The second-order valence-electron chi connectivity index (χ2n) is 3.12. The predicted molar refractivity (Wildman–Crippen MR) is 58.9 cm³/mol. The third-order valence-corrected chi connectivity index (χ3v) is 3.27. The van der Waals surface area contributed by atoms with Crippen molar-refractivity contribution in [2.24, 2.45) is 5.73 Å². The SMILES string of the molecule is Cc1cc(OCC(N)=O)ccc1S(=O)(=O)Cl. The number of hydrogen-bond acceptors (Lipinski definition) is 4. The fourth-order valence-corrected chi connectivity index (χ4v) is 2.33.